The topological polar surface area (TPSA) is 63.1 Å². The third-order valence-electron chi connectivity index (χ3n) is 3.55. The molecule has 2 amide bonds. The molecule has 1 aliphatic heterocycles. The van der Waals surface area contributed by atoms with Crippen LogP contribution < -0.4 is 10.2 Å². The molecule has 1 aliphatic rings. The van der Waals surface area contributed by atoms with E-state index in [1.807, 2.05) is 0 Å². The molecular weight excluding hydrogens is 341 g/mol. The zero-order valence-electron chi connectivity index (χ0n) is 12.9. The summed E-state index contributed by atoms with van der Waals surface area (Å²) in [5, 5.41) is 3.74. The number of halogens is 2. The second-order valence-corrected chi connectivity index (χ2v) is 6.19. The molecule has 2 rings (SSSR count). The molecule has 1 fully saturated rings. The van der Waals surface area contributed by atoms with Crippen LogP contribution in [0.5, 0.6) is 0 Å². The molecule has 6 nitrogen and oxygen atoms in total. The Kier molecular flexibility index (Phi) is 6.50. The van der Waals surface area contributed by atoms with Crippen LogP contribution in [0.2, 0.25) is 10.0 Å². The predicted molar refractivity (Wildman–Crippen MR) is 89.3 cm³/mol. The third kappa shape index (κ3) is 5.57. The van der Waals surface area contributed by atoms with E-state index in [9.17, 15) is 9.59 Å². The Morgan fingerprint density at radius 1 is 1.22 bits per heavy atom. The maximum Gasteiger partial charge on any atom is 0.410 e. The number of hydrogen-bond acceptors (Lipinski definition) is 3. The van der Waals surface area contributed by atoms with Gasteiger partial charge >= 0.3 is 6.09 Å². The normalized spacial score (nSPS) is 15.3. The highest BCUT2D eigenvalue weighted by Crippen LogP contribution is 2.22. The minimum atomic E-state index is -0.287. The van der Waals surface area contributed by atoms with E-state index >= 15 is 0 Å². The van der Waals surface area contributed by atoms with Crippen molar-refractivity contribution < 1.29 is 19.2 Å². The van der Waals surface area contributed by atoms with Crippen LogP contribution in [0, 0.1) is 0 Å². The van der Waals surface area contributed by atoms with Crippen molar-refractivity contribution in [2.24, 2.45) is 0 Å². The largest absolute Gasteiger partial charge is 0.450 e. The maximum atomic E-state index is 12.1. The molecule has 8 heteroatoms. The zero-order chi connectivity index (χ0) is 16.8. The van der Waals surface area contributed by atoms with Gasteiger partial charge in [0.15, 0.2) is 6.54 Å². The number of carbonyl (C=O) groups excluding carboxylic acids is 2. The molecule has 1 saturated heterocycles. The Bertz CT molecular complexity index is 555. The second kappa shape index (κ2) is 8.38. The van der Waals surface area contributed by atoms with Crippen LogP contribution in [0.3, 0.4) is 0 Å². The molecule has 0 saturated carbocycles. The van der Waals surface area contributed by atoms with Gasteiger partial charge < -0.3 is 15.0 Å². The van der Waals surface area contributed by atoms with Crippen LogP contribution in [-0.2, 0) is 9.53 Å². The number of rotatable bonds is 4. The van der Waals surface area contributed by atoms with Gasteiger partial charge in [0.05, 0.1) is 32.8 Å². The number of carbonyl (C=O) groups is 2. The number of hydrogen-bond donors (Lipinski definition) is 2. The van der Waals surface area contributed by atoms with Crippen LogP contribution in [0.25, 0.3) is 0 Å². The van der Waals surface area contributed by atoms with Crippen LogP contribution in [0.4, 0.5) is 10.5 Å². The van der Waals surface area contributed by atoms with E-state index in [0.29, 0.717) is 55.1 Å². The first-order chi connectivity index (χ1) is 11.0. The number of piperazine rings is 1. The third-order valence-corrected chi connectivity index (χ3v) is 3.99. The van der Waals surface area contributed by atoms with E-state index in [2.05, 4.69) is 5.32 Å². The van der Waals surface area contributed by atoms with Crippen molar-refractivity contribution in [1.29, 1.82) is 0 Å². The molecule has 1 aromatic rings. The Morgan fingerprint density at radius 3 is 2.39 bits per heavy atom. The van der Waals surface area contributed by atoms with Crippen LogP contribution >= 0.6 is 23.2 Å². The van der Waals surface area contributed by atoms with Gasteiger partial charge in [-0.25, -0.2) is 4.79 Å². The fourth-order valence-electron chi connectivity index (χ4n) is 2.46. The summed E-state index contributed by atoms with van der Waals surface area (Å²) in [7, 11) is 0. The van der Waals surface area contributed by atoms with Gasteiger partial charge in [0, 0.05) is 15.7 Å². The summed E-state index contributed by atoms with van der Waals surface area (Å²) in [5.74, 6) is -0.108. The highest BCUT2D eigenvalue weighted by Gasteiger charge is 2.25. The summed E-state index contributed by atoms with van der Waals surface area (Å²) in [6.07, 6.45) is -0.287. The van der Waals surface area contributed by atoms with Crippen molar-refractivity contribution in [3.05, 3.63) is 28.2 Å². The lowest BCUT2D eigenvalue weighted by atomic mass is 10.3. The van der Waals surface area contributed by atoms with E-state index in [4.69, 9.17) is 27.9 Å². The monoisotopic (exact) mass is 360 g/mol. The molecular formula is C15H20Cl2N3O3+. The maximum absolute atomic E-state index is 12.1. The SMILES string of the molecule is CCOC(=O)N1CC[NH+](CC(=O)Nc2cc(Cl)cc(Cl)c2)CC1. The Morgan fingerprint density at radius 2 is 1.83 bits per heavy atom. The van der Waals surface area contributed by atoms with Crippen molar-refractivity contribution >= 4 is 40.9 Å². The Balaban J connectivity index is 1.79. The quantitative estimate of drug-likeness (QED) is 0.850. The van der Waals surface area contributed by atoms with Crippen molar-refractivity contribution in [3.8, 4) is 0 Å². The smallest absolute Gasteiger partial charge is 0.410 e. The number of ether oxygens (including phenoxy) is 1. The minimum Gasteiger partial charge on any atom is -0.450 e. The van der Waals surface area contributed by atoms with Gasteiger partial charge in [-0.1, -0.05) is 23.2 Å². The number of nitrogens with one attached hydrogen (secondary N) is 2. The summed E-state index contributed by atoms with van der Waals surface area (Å²) < 4.78 is 4.97. The van der Waals surface area contributed by atoms with E-state index in [1.165, 1.54) is 0 Å². The van der Waals surface area contributed by atoms with Gasteiger partial charge in [-0.3, -0.25) is 9.69 Å². The van der Waals surface area contributed by atoms with Gasteiger partial charge in [-0.05, 0) is 25.1 Å². The molecule has 23 heavy (non-hydrogen) atoms. The summed E-state index contributed by atoms with van der Waals surface area (Å²) >= 11 is 11.8. The Labute approximate surface area is 145 Å². The minimum absolute atomic E-state index is 0.108. The number of benzene rings is 1. The van der Waals surface area contributed by atoms with Crippen LogP contribution in [-0.4, -0.2) is 56.2 Å². The van der Waals surface area contributed by atoms with Crippen LogP contribution in [0.1, 0.15) is 6.92 Å². The molecule has 1 aromatic carbocycles. The summed E-state index contributed by atoms with van der Waals surface area (Å²) in [6.45, 7) is 5.09. The van der Waals surface area contributed by atoms with Gasteiger partial charge in [0.1, 0.15) is 0 Å². The van der Waals surface area contributed by atoms with E-state index in [0.717, 1.165) is 4.90 Å². The predicted octanol–water partition coefficient (Wildman–Crippen LogP) is 1.29. The second-order valence-electron chi connectivity index (χ2n) is 5.32. The fourth-order valence-corrected chi connectivity index (χ4v) is 2.98. The van der Waals surface area contributed by atoms with Gasteiger partial charge in [-0.15, -0.1) is 0 Å². The molecule has 0 aromatic heterocycles. The number of quaternary nitrogens is 1. The highest BCUT2D eigenvalue weighted by atomic mass is 35.5. The molecule has 0 spiro atoms. The van der Waals surface area contributed by atoms with E-state index in [-0.39, 0.29) is 12.0 Å². The summed E-state index contributed by atoms with van der Waals surface area (Å²) in [4.78, 5) is 26.5. The summed E-state index contributed by atoms with van der Waals surface area (Å²) in [6, 6.07) is 4.91. The molecule has 2 N–H and O–H groups in total. The standard InChI is InChI=1S/C15H19Cl2N3O3/c1-2-23-15(22)20-5-3-19(4-6-20)10-14(21)18-13-8-11(16)7-12(17)9-13/h7-9H,2-6,10H2,1H3,(H,18,21)/p+1. The molecule has 0 radical (unpaired) electrons. The first kappa shape index (κ1) is 17.8. The molecule has 1 heterocycles. The lowest BCUT2D eigenvalue weighted by molar-refractivity contribution is -0.895. The van der Waals surface area contributed by atoms with Crippen molar-refractivity contribution in [2.45, 2.75) is 6.92 Å². The van der Waals surface area contributed by atoms with Gasteiger partial charge in [0.25, 0.3) is 5.91 Å². The lowest BCUT2D eigenvalue weighted by Crippen LogP contribution is -3.15. The van der Waals surface area contributed by atoms with Gasteiger partial charge in [0.2, 0.25) is 0 Å². The lowest BCUT2D eigenvalue weighted by Gasteiger charge is -2.31. The average molecular weight is 361 g/mol. The zero-order valence-corrected chi connectivity index (χ0v) is 14.4. The average Bonchev–Trinajstić information content (AvgIpc) is 2.47. The first-order valence-electron chi connectivity index (χ1n) is 7.49. The summed E-state index contributed by atoms with van der Waals surface area (Å²) in [5.41, 5.74) is 0.581. The van der Waals surface area contributed by atoms with Crippen LogP contribution in [0.15, 0.2) is 18.2 Å². The fraction of sp³-hybridized carbons (Fsp3) is 0.467. The highest BCUT2D eigenvalue weighted by molar-refractivity contribution is 6.35. The number of anilines is 1. The molecule has 0 bridgehead atoms. The van der Waals surface area contributed by atoms with Crippen molar-refractivity contribution in [2.75, 3.05) is 44.6 Å². The van der Waals surface area contributed by atoms with E-state index in [1.54, 1.807) is 30.0 Å². The first-order valence-corrected chi connectivity index (χ1v) is 8.24. The molecule has 0 atom stereocenters. The molecule has 0 aliphatic carbocycles. The van der Waals surface area contributed by atoms with Crippen molar-refractivity contribution in [3.63, 3.8) is 0 Å². The molecule has 126 valence electrons. The Hall–Kier alpha value is -1.50. The van der Waals surface area contributed by atoms with Crippen molar-refractivity contribution in [1.82, 2.24) is 4.90 Å². The molecule has 0 unspecified atom stereocenters. The van der Waals surface area contributed by atoms with E-state index < -0.39 is 0 Å². The number of amides is 2. The van der Waals surface area contributed by atoms with Gasteiger partial charge in [-0.2, -0.15) is 0 Å². The number of nitrogens with zero attached hydrogens (tertiary/aromatic N) is 1.